The first kappa shape index (κ1) is 36.3. The van der Waals surface area contributed by atoms with Gasteiger partial charge in [0.05, 0.1) is 30.8 Å². The van der Waals surface area contributed by atoms with Crippen molar-refractivity contribution >= 4 is 12.1 Å². The lowest BCUT2D eigenvalue weighted by atomic mass is 9.82. The number of carbonyl (C=O) groups excluding carboxylic acids is 2. The van der Waals surface area contributed by atoms with Gasteiger partial charge in [-0.25, -0.2) is 4.79 Å². The van der Waals surface area contributed by atoms with Gasteiger partial charge in [0.1, 0.15) is 6.61 Å². The third kappa shape index (κ3) is 11.3. The van der Waals surface area contributed by atoms with E-state index in [0.717, 1.165) is 24.9 Å². The van der Waals surface area contributed by atoms with E-state index in [1.807, 2.05) is 58.3 Å². The molecule has 2 aliphatic rings. The summed E-state index contributed by atoms with van der Waals surface area (Å²) in [5.41, 5.74) is 0.883. The molecule has 11 atom stereocenters. The summed E-state index contributed by atoms with van der Waals surface area (Å²) in [6.45, 7) is 16.3. The molecule has 0 amide bonds. The van der Waals surface area contributed by atoms with Crippen molar-refractivity contribution in [2.24, 2.45) is 29.6 Å². The van der Waals surface area contributed by atoms with Crippen LogP contribution in [0.2, 0.25) is 0 Å². The number of carbonyl (C=O) groups is 2. The van der Waals surface area contributed by atoms with Crippen molar-refractivity contribution in [3.63, 3.8) is 0 Å². The molecule has 250 valence electrons. The molecule has 1 aromatic rings. The highest BCUT2D eigenvalue weighted by Gasteiger charge is 2.45. The number of hydrogen-bond acceptors (Lipinski definition) is 9. The van der Waals surface area contributed by atoms with Crippen molar-refractivity contribution in [1.29, 1.82) is 0 Å². The molecule has 2 heterocycles. The molecule has 1 aromatic carbocycles. The van der Waals surface area contributed by atoms with Crippen molar-refractivity contribution in [3.8, 4) is 0 Å². The van der Waals surface area contributed by atoms with Crippen molar-refractivity contribution in [3.05, 3.63) is 35.9 Å². The average molecular weight is 619 g/mol. The van der Waals surface area contributed by atoms with Crippen LogP contribution in [0.25, 0.3) is 0 Å². The van der Waals surface area contributed by atoms with E-state index in [9.17, 15) is 9.59 Å². The van der Waals surface area contributed by atoms with Crippen LogP contribution in [0.15, 0.2) is 30.3 Å². The van der Waals surface area contributed by atoms with E-state index in [4.69, 9.17) is 23.7 Å². The van der Waals surface area contributed by atoms with Crippen LogP contribution in [0.5, 0.6) is 0 Å². The maximum Gasteiger partial charge on any atom is 0.509 e. The highest BCUT2D eigenvalue weighted by Crippen LogP contribution is 2.34. The molecule has 0 aromatic heterocycles. The summed E-state index contributed by atoms with van der Waals surface area (Å²) >= 11 is 0. The molecule has 2 fully saturated rings. The smallest absolute Gasteiger partial charge is 0.465 e. The van der Waals surface area contributed by atoms with E-state index < -0.39 is 18.5 Å². The van der Waals surface area contributed by atoms with Crippen LogP contribution < -0.4 is 5.32 Å². The summed E-state index contributed by atoms with van der Waals surface area (Å²) in [7, 11) is 3.95. The molecular weight excluding hydrogens is 560 g/mol. The number of benzene rings is 1. The van der Waals surface area contributed by atoms with Crippen LogP contribution in [0.1, 0.15) is 79.7 Å². The molecule has 2 saturated heterocycles. The maximum atomic E-state index is 13.0. The molecule has 0 spiro atoms. The van der Waals surface area contributed by atoms with Crippen LogP contribution in [0.3, 0.4) is 0 Å². The quantitative estimate of drug-likeness (QED) is 0.383. The van der Waals surface area contributed by atoms with Gasteiger partial charge in [0.15, 0.2) is 12.4 Å². The number of rotatable bonds is 6. The minimum absolute atomic E-state index is 0.0264. The molecule has 7 unspecified atom stereocenters. The Morgan fingerprint density at radius 3 is 2.27 bits per heavy atom. The van der Waals surface area contributed by atoms with Crippen molar-refractivity contribution in [1.82, 2.24) is 10.2 Å². The fourth-order valence-electron chi connectivity index (χ4n) is 6.78. The molecule has 1 N–H and O–H groups in total. The molecule has 9 nitrogen and oxygen atoms in total. The van der Waals surface area contributed by atoms with Gasteiger partial charge in [-0.15, -0.1) is 0 Å². The highest BCUT2D eigenvalue weighted by atomic mass is 16.8. The summed E-state index contributed by atoms with van der Waals surface area (Å²) in [5.74, 6) is 0.452. The first-order valence-corrected chi connectivity index (χ1v) is 16.6. The van der Waals surface area contributed by atoms with E-state index in [-0.39, 0.29) is 54.5 Å². The summed E-state index contributed by atoms with van der Waals surface area (Å²) in [5, 5.41) is 3.67. The van der Waals surface area contributed by atoms with E-state index in [0.29, 0.717) is 31.4 Å². The summed E-state index contributed by atoms with van der Waals surface area (Å²) < 4.78 is 30.5. The fourth-order valence-corrected chi connectivity index (χ4v) is 6.78. The molecule has 44 heavy (non-hydrogen) atoms. The minimum atomic E-state index is -0.788. The molecule has 0 radical (unpaired) electrons. The largest absolute Gasteiger partial charge is 0.509 e. The molecule has 3 rings (SSSR count). The zero-order chi connectivity index (χ0) is 32.4. The lowest BCUT2D eigenvalue weighted by Gasteiger charge is -2.45. The molecule has 9 heteroatoms. The number of esters is 1. The van der Waals surface area contributed by atoms with Crippen molar-refractivity contribution < 1.29 is 33.3 Å². The Bertz CT molecular complexity index is 1010. The van der Waals surface area contributed by atoms with Gasteiger partial charge in [0, 0.05) is 6.04 Å². The summed E-state index contributed by atoms with van der Waals surface area (Å²) in [6, 6.07) is 9.74. The molecule has 2 aliphatic heterocycles. The number of hydrogen-bond donors (Lipinski definition) is 1. The van der Waals surface area contributed by atoms with Crippen molar-refractivity contribution in [2.45, 2.75) is 117 Å². The fraction of sp³-hybridized carbons (Fsp3) is 0.771. The van der Waals surface area contributed by atoms with Crippen LogP contribution in [0.4, 0.5) is 4.79 Å². The SMILES string of the molecule is CC1COC(=O)C(C)CC(C)C(O[C@@H]2O[C@H](C)C[C@H](N(C)C)[C@H]2OC(=O)OCc2ccccc2)C(C)CC(C)CNC(C)C1. The molecular formula is C35H58N2O7. The van der Waals surface area contributed by atoms with Crippen molar-refractivity contribution in [2.75, 3.05) is 27.2 Å². The van der Waals surface area contributed by atoms with Crippen LogP contribution in [0, 0.1) is 29.6 Å². The van der Waals surface area contributed by atoms with Gasteiger partial charge in [0.25, 0.3) is 0 Å². The minimum Gasteiger partial charge on any atom is -0.465 e. The highest BCUT2D eigenvalue weighted by molar-refractivity contribution is 5.72. The second kappa shape index (κ2) is 17.5. The summed E-state index contributed by atoms with van der Waals surface area (Å²) in [4.78, 5) is 28.0. The van der Waals surface area contributed by atoms with E-state index >= 15 is 0 Å². The predicted octanol–water partition coefficient (Wildman–Crippen LogP) is 6.04. The van der Waals surface area contributed by atoms with Crippen LogP contribution >= 0.6 is 0 Å². The first-order valence-electron chi connectivity index (χ1n) is 16.6. The molecule has 0 saturated carbocycles. The standard InChI is InChI=1S/C35H58N2O7/c1-22-15-24(3)31(25(4)17-26(5)33(38)40-20-23(2)16-27(6)36-19-22)43-34-32(30(37(8)9)18-28(7)42-34)44-35(39)41-21-29-13-11-10-12-14-29/h10-14,22-28,30-32,34,36H,15-21H2,1-9H3/t22?,23?,24?,25?,26?,27?,28-,30+,31?,32-,34+/m1/s1. The van der Waals surface area contributed by atoms with Gasteiger partial charge in [-0.2, -0.15) is 0 Å². The lowest BCUT2D eigenvalue weighted by molar-refractivity contribution is -0.281. The molecule has 0 bridgehead atoms. The van der Waals surface area contributed by atoms with Gasteiger partial charge in [0.2, 0.25) is 0 Å². The zero-order valence-corrected chi connectivity index (χ0v) is 28.5. The van der Waals surface area contributed by atoms with E-state index in [2.05, 4.69) is 44.8 Å². The third-order valence-electron chi connectivity index (χ3n) is 9.08. The molecule has 0 aliphatic carbocycles. The average Bonchev–Trinajstić information content (AvgIpc) is 2.97. The summed E-state index contributed by atoms with van der Waals surface area (Å²) in [6.07, 6.45) is 0.628. The first-order chi connectivity index (χ1) is 20.8. The Balaban J connectivity index is 1.82. The van der Waals surface area contributed by atoms with E-state index in [1.165, 1.54) is 0 Å². The second-order valence-corrected chi connectivity index (χ2v) is 14.0. The Labute approximate surface area is 265 Å². The third-order valence-corrected chi connectivity index (χ3v) is 9.08. The van der Waals surface area contributed by atoms with Crippen LogP contribution in [-0.4, -0.2) is 81.0 Å². The Morgan fingerprint density at radius 2 is 1.59 bits per heavy atom. The topological polar surface area (TPSA) is 95.6 Å². The number of likely N-dealkylation sites (N-methyl/N-ethyl adjacent to an activating group) is 1. The predicted molar refractivity (Wildman–Crippen MR) is 171 cm³/mol. The van der Waals surface area contributed by atoms with Gasteiger partial charge in [-0.1, -0.05) is 65.0 Å². The van der Waals surface area contributed by atoms with Gasteiger partial charge < -0.3 is 33.9 Å². The number of nitrogens with one attached hydrogen (secondary N) is 1. The number of nitrogens with zero attached hydrogens (tertiary/aromatic N) is 1. The maximum absolute atomic E-state index is 13.0. The monoisotopic (exact) mass is 618 g/mol. The number of cyclic esters (lactones) is 1. The second-order valence-electron chi connectivity index (χ2n) is 14.0. The van der Waals surface area contributed by atoms with Gasteiger partial charge in [-0.05, 0) is 89.4 Å². The van der Waals surface area contributed by atoms with Gasteiger partial charge in [-0.3, -0.25) is 4.79 Å². The Morgan fingerprint density at radius 1 is 0.909 bits per heavy atom. The van der Waals surface area contributed by atoms with E-state index in [1.54, 1.807) is 0 Å². The Hall–Kier alpha value is -2.20. The van der Waals surface area contributed by atoms with Gasteiger partial charge >= 0.3 is 12.1 Å². The normalized spacial score (nSPS) is 36.5. The number of ether oxygens (including phenoxy) is 5. The zero-order valence-electron chi connectivity index (χ0n) is 28.5. The van der Waals surface area contributed by atoms with Crippen LogP contribution in [-0.2, 0) is 35.1 Å². The Kier molecular flexibility index (Phi) is 14.4. The lowest BCUT2D eigenvalue weighted by Crippen LogP contribution is -2.57.